The van der Waals surface area contributed by atoms with Gasteiger partial charge in [-0.05, 0) is 24.6 Å². The second-order valence-electron chi connectivity index (χ2n) is 3.65. The van der Waals surface area contributed by atoms with E-state index in [0.29, 0.717) is 5.69 Å². The van der Waals surface area contributed by atoms with Crippen molar-refractivity contribution in [3.05, 3.63) is 54.9 Å². The number of hydrogen-bond acceptors (Lipinski definition) is 2. The van der Waals surface area contributed by atoms with E-state index >= 15 is 0 Å². The van der Waals surface area contributed by atoms with E-state index in [1.54, 1.807) is 17.1 Å². The molecular weight excluding hydrogens is 214 g/mol. The zero-order valence-corrected chi connectivity index (χ0v) is 9.55. The molecule has 1 amide bonds. The van der Waals surface area contributed by atoms with Crippen LogP contribution < -0.4 is 5.32 Å². The summed E-state index contributed by atoms with van der Waals surface area (Å²) in [5.74, 6) is -0.241. The van der Waals surface area contributed by atoms with Crippen molar-refractivity contribution < 1.29 is 4.79 Å². The molecule has 0 aliphatic heterocycles. The van der Waals surface area contributed by atoms with E-state index in [9.17, 15) is 4.79 Å². The van der Waals surface area contributed by atoms with E-state index in [4.69, 9.17) is 0 Å². The normalized spacial score (nSPS) is 9.94. The Balaban J connectivity index is 2.27. The van der Waals surface area contributed by atoms with Crippen LogP contribution in [0.2, 0.25) is 0 Å². The number of rotatable bonds is 3. The van der Waals surface area contributed by atoms with Crippen LogP contribution in [0.1, 0.15) is 5.56 Å². The van der Waals surface area contributed by atoms with Gasteiger partial charge in [-0.1, -0.05) is 24.8 Å². The first-order valence-electron chi connectivity index (χ1n) is 5.25. The number of para-hydroxylation sites is 1. The Kier molecular flexibility index (Phi) is 3.05. The third-order valence-corrected chi connectivity index (χ3v) is 2.40. The van der Waals surface area contributed by atoms with Crippen molar-refractivity contribution in [2.45, 2.75) is 6.92 Å². The van der Waals surface area contributed by atoms with Crippen LogP contribution in [0.5, 0.6) is 0 Å². The molecule has 0 spiro atoms. The molecule has 0 fully saturated rings. The van der Waals surface area contributed by atoms with Crippen LogP contribution >= 0.6 is 0 Å². The molecular formula is C13H13N3O. The summed E-state index contributed by atoms with van der Waals surface area (Å²) in [5.41, 5.74) is 2.77. The molecule has 0 radical (unpaired) electrons. The van der Waals surface area contributed by atoms with E-state index in [2.05, 4.69) is 17.0 Å². The van der Waals surface area contributed by atoms with E-state index in [1.165, 1.54) is 6.08 Å². The lowest BCUT2D eigenvalue weighted by atomic mass is 10.2. The molecule has 0 atom stereocenters. The van der Waals surface area contributed by atoms with Gasteiger partial charge < -0.3 is 5.32 Å². The first kappa shape index (κ1) is 11.1. The van der Waals surface area contributed by atoms with Gasteiger partial charge in [-0.2, -0.15) is 5.10 Å². The minimum Gasteiger partial charge on any atom is -0.320 e. The van der Waals surface area contributed by atoms with Crippen LogP contribution in [-0.4, -0.2) is 15.7 Å². The van der Waals surface area contributed by atoms with Crippen LogP contribution in [-0.2, 0) is 4.79 Å². The van der Waals surface area contributed by atoms with Gasteiger partial charge in [0.05, 0.1) is 23.8 Å². The number of carbonyl (C=O) groups is 1. The fourth-order valence-electron chi connectivity index (χ4n) is 1.53. The van der Waals surface area contributed by atoms with Gasteiger partial charge in [0.25, 0.3) is 0 Å². The number of benzene rings is 1. The summed E-state index contributed by atoms with van der Waals surface area (Å²) in [7, 11) is 0. The summed E-state index contributed by atoms with van der Waals surface area (Å²) in [6.45, 7) is 5.41. The van der Waals surface area contributed by atoms with Crippen molar-refractivity contribution >= 4 is 11.6 Å². The van der Waals surface area contributed by atoms with Crippen molar-refractivity contribution in [2.75, 3.05) is 5.32 Å². The second kappa shape index (κ2) is 4.65. The topological polar surface area (TPSA) is 46.9 Å². The van der Waals surface area contributed by atoms with Crippen molar-refractivity contribution in [3.63, 3.8) is 0 Å². The summed E-state index contributed by atoms with van der Waals surface area (Å²) in [6, 6.07) is 7.91. The van der Waals surface area contributed by atoms with Crippen LogP contribution in [0, 0.1) is 6.92 Å². The molecule has 1 N–H and O–H groups in total. The molecule has 1 aromatic heterocycles. The fourth-order valence-corrected chi connectivity index (χ4v) is 1.53. The van der Waals surface area contributed by atoms with Gasteiger partial charge in [-0.25, -0.2) is 4.68 Å². The highest BCUT2D eigenvalue weighted by Crippen LogP contribution is 2.15. The monoisotopic (exact) mass is 227 g/mol. The summed E-state index contributed by atoms with van der Waals surface area (Å²) < 4.78 is 1.73. The van der Waals surface area contributed by atoms with Crippen molar-refractivity contribution in [1.82, 2.24) is 9.78 Å². The fraction of sp³-hybridized carbons (Fsp3) is 0.0769. The third kappa shape index (κ3) is 2.42. The first-order valence-corrected chi connectivity index (χ1v) is 5.25. The van der Waals surface area contributed by atoms with E-state index in [1.807, 2.05) is 31.2 Å². The Morgan fingerprint density at radius 2 is 2.24 bits per heavy atom. The largest absolute Gasteiger partial charge is 0.320 e. The Morgan fingerprint density at radius 1 is 1.47 bits per heavy atom. The van der Waals surface area contributed by atoms with Crippen molar-refractivity contribution in [2.24, 2.45) is 0 Å². The number of hydrogen-bond donors (Lipinski definition) is 1. The number of nitrogens with one attached hydrogen (secondary N) is 1. The molecule has 0 bridgehead atoms. The summed E-state index contributed by atoms with van der Waals surface area (Å²) >= 11 is 0. The Morgan fingerprint density at radius 3 is 2.94 bits per heavy atom. The standard InChI is InChI=1S/C13H13N3O/c1-3-13(17)15-11-8-14-16(9-11)12-7-5-4-6-10(12)2/h3-9H,1H2,2H3,(H,15,17). The molecule has 0 aliphatic rings. The number of anilines is 1. The molecule has 2 rings (SSSR count). The number of aromatic nitrogens is 2. The van der Waals surface area contributed by atoms with Crippen molar-refractivity contribution in [3.8, 4) is 5.69 Å². The quantitative estimate of drug-likeness (QED) is 0.818. The van der Waals surface area contributed by atoms with Gasteiger partial charge in [-0.15, -0.1) is 0 Å². The third-order valence-electron chi connectivity index (χ3n) is 2.40. The Bertz CT molecular complexity index is 557. The lowest BCUT2D eigenvalue weighted by Crippen LogP contribution is -2.06. The van der Waals surface area contributed by atoms with Crippen LogP contribution in [0.15, 0.2) is 49.3 Å². The summed E-state index contributed by atoms with van der Waals surface area (Å²) in [6.07, 6.45) is 4.60. The van der Waals surface area contributed by atoms with Crippen LogP contribution in [0.3, 0.4) is 0 Å². The van der Waals surface area contributed by atoms with E-state index < -0.39 is 0 Å². The first-order chi connectivity index (χ1) is 8.20. The molecule has 86 valence electrons. The lowest BCUT2D eigenvalue weighted by Gasteiger charge is -2.04. The highest BCUT2D eigenvalue weighted by atomic mass is 16.1. The molecule has 17 heavy (non-hydrogen) atoms. The smallest absolute Gasteiger partial charge is 0.247 e. The molecule has 0 unspecified atom stereocenters. The zero-order chi connectivity index (χ0) is 12.3. The maximum Gasteiger partial charge on any atom is 0.247 e. The highest BCUT2D eigenvalue weighted by Gasteiger charge is 2.04. The Hall–Kier alpha value is -2.36. The molecule has 0 saturated heterocycles. The minimum absolute atomic E-state index is 0.241. The van der Waals surface area contributed by atoms with Crippen LogP contribution in [0.25, 0.3) is 5.69 Å². The van der Waals surface area contributed by atoms with Gasteiger partial charge in [0.1, 0.15) is 0 Å². The van der Waals surface area contributed by atoms with Crippen molar-refractivity contribution in [1.29, 1.82) is 0 Å². The molecule has 1 aromatic carbocycles. The van der Waals surface area contributed by atoms with E-state index in [-0.39, 0.29) is 5.91 Å². The van der Waals surface area contributed by atoms with Gasteiger partial charge in [0, 0.05) is 0 Å². The predicted molar refractivity (Wildman–Crippen MR) is 67.1 cm³/mol. The number of carbonyl (C=O) groups excluding carboxylic acids is 1. The van der Waals surface area contributed by atoms with Gasteiger partial charge >= 0.3 is 0 Å². The number of nitrogens with zero attached hydrogens (tertiary/aromatic N) is 2. The SMILES string of the molecule is C=CC(=O)Nc1cnn(-c2ccccc2C)c1. The van der Waals surface area contributed by atoms with Gasteiger partial charge in [0.2, 0.25) is 5.91 Å². The lowest BCUT2D eigenvalue weighted by molar-refractivity contribution is -0.111. The van der Waals surface area contributed by atoms with Crippen LogP contribution in [0.4, 0.5) is 5.69 Å². The molecule has 2 aromatic rings. The molecule has 4 nitrogen and oxygen atoms in total. The highest BCUT2D eigenvalue weighted by molar-refractivity contribution is 5.98. The number of aryl methyl sites for hydroxylation is 1. The predicted octanol–water partition coefficient (Wildman–Crippen LogP) is 2.31. The van der Waals surface area contributed by atoms with E-state index in [0.717, 1.165) is 11.3 Å². The van der Waals surface area contributed by atoms with Gasteiger partial charge in [-0.3, -0.25) is 4.79 Å². The Labute approximate surface area is 99.6 Å². The molecule has 1 heterocycles. The summed E-state index contributed by atoms with van der Waals surface area (Å²) in [4.78, 5) is 11.1. The minimum atomic E-state index is -0.241. The molecule has 0 aliphatic carbocycles. The molecule has 4 heteroatoms. The second-order valence-corrected chi connectivity index (χ2v) is 3.65. The average molecular weight is 227 g/mol. The average Bonchev–Trinajstić information content (AvgIpc) is 2.78. The summed E-state index contributed by atoms with van der Waals surface area (Å²) in [5, 5.41) is 6.86. The maximum absolute atomic E-state index is 11.1. The number of amides is 1. The van der Waals surface area contributed by atoms with Gasteiger partial charge in [0.15, 0.2) is 0 Å². The zero-order valence-electron chi connectivity index (χ0n) is 9.55. The molecule has 0 saturated carbocycles. The maximum atomic E-state index is 11.1.